The lowest BCUT2D eigenvalue weighted by atomic mass is 10.2. The van der Waals surface area contributed by atoms with Crippen LogP contribution in [0.2, 0.25) is 0 Å². The van der Waals surface area contributed by atoms with Crippen molar-refractivity contribution in [3.8, 4) is 0 Å². The second-order valence-corrected chi connectivity index (χ2v) is 4.07. The van der Waals surface area contributed by atoms with Crippen LogP contribution in [0.3, 0.4) is 0 Å². The molecule has 0 radical (unpaired) electrons. The number of hydrogen-bond donors (Lipinski definition) is 1. The molecular formula is C13H25N3O2. The maximum Gasteiger partial charge on any atom is 0.264 e. The summed E-state index contributed by atoms with van der Waals surface area (Å²) in [6.07, 6.45) is 5.07. The number of hydrogen-bond acceptors (Lipinski definition) is 3. The zero-order chi connectivity index (χ0) is 14.7. The first-order valence-electron chi connectivity index (χ1n) is 5.78. The number of nitrogens with two attached hydrogens (primary N) is 1. The highest BCUT2D eigenvalue weighted by Gasteiger charge is 2.04. The summed E-state index contributed by atoms with van der Waals surface area (Å²) in [5.41, 5.74) is 5.72. The number of rotatable bonds is 5. The van der Waals surface area contributed by atoms with Gasteiger partial charge in [-0.1, -0.05) is 26.0 Å². The number of allylic oxidation sites excluding steroid dienone is 1. The average Bonchev–Trinajstić information content (AvgIpc) is 2.28. The predicted octanol–water partition coefficient (Wildman–Crippen LogP) is 0.978. The molecule has 5 heteroatoms. The number of carbonyl (C=O) groups excluding carboxylic acids is 2. The third kappa shape index (κ3) is 9.45. The number of carbonyl (C=O) groups is 2. The molecule has 0 saturated heterocycles. The third-order valence-corrected chi connectivity index (χ3v) is 1.98. The second kappa shape index (κ2) is 10.4. The molecule has 2 amide bonds. The van der Waals surface area contributed by atoms with E-state index in [0.717, 1.165) is 12.8 Å². The van der Waals surface area contributed by atoms with Gasteiger partial charge in [-0.25, -0.2) is 0 Å². The van der Waals surface area contributed by atoms with E-state index in [1.165, 1.54) is 11.0 Å². The van der Waals surface area contributed by atoms with Crippen LogP contribution in [0.15, 0.2) is 24.4 Å². The molecule has 18 heavy (non-hydrogen) atoms. The normalized spacial score (nSPS) is 9.94. The summed E-state index contributed by atoms with van der Waals surface area (Å²) in [7, 11) is 6.99. The van der Waals surface area contributed by atoms with Crippen molar-refractivity contribution in [1.82, 2.24) is 9.80 Å². The van der Waals surface area contributed by atoms with Gasteiger partial charge >= 0.3 is 0 Å². The summed E-state index contributed by atoms with van der Waals surface area (Å²) in [6.45, 7) is 5.35. The van der Waals surface area contributed by atoms with Crippen LogP contribution in [0.5, 0.6) is 0 Å². The molecule has 0 bridgehead atoms. The fraction of sp³-hybridized carbons (Fsp3) is 0.538. The Bertz CT molecular complexity index is 307. The standard InChI is InChI=1S/C8H16N2O.C5H9NO/c1-4-5-6-7(8(9)11)10(2)3;1-4-5(7)6(2)3/h6H,4-5H2,1-3H3,(H2,9,11);4H,1H2,2-3H3/b7-6+;. The molecule has 0 heterocycles. The number of unbranched alkanes of at least 4 members (excludes halogenated alkanes) is 1. The summed E-state index contributed by atoms with van der Waals surface area (Å²) in [6, 6.07) is 0. The SMILES string of the molecule is C=CC(=O)N(C)C.CCC/C=C(\C(N)=O)N(C)C. The van der Waals surface area contributed by atoms with E-state index in [-0.39, 0.29) is 11.8 Å². The lowest BCUT2D eigenvalue weighted by molar-refractivity contribution is -0.123. The van der Waals surface area contributed by atoms with Crippen LogP contribution in [0.4, 0.5) is 0 Å². The molecule has 5 nitrogen and oxygen atoms in total. The first-order chi connectivity index (χ1) is 8.27. The molecule has 104 valence electrons. The molecule has 0 unspecified atom stereocenters. The van der Waals surface area contributed by atoms with Gasteiger partial charge in [0.1, 0.15) is 0 Å². The van der Waals surface area contributed by atoms with Gasteiger partial charge in [-0.2, -0.15) is 0 Å². The van der Waals surface area contributed by atoms with Crippen LogP contribution in [0.1, 0.15) is 19.8 Å². The van der Waals surface area contributed by atoms with E-state index in [9.17, 15) is 9.59 Å². The molecular weight excluding hydrogens is 230 g/mol. The number of likely N-dealkylation sites (N-methyl/N-ethyl adjacent to an activating group) is 2. The van der Waals surface area contributed by atoms with E-state index < -0.39 is 0 Å². The minimum atomic E-state index is -0.358. The van der Waals surface area contributed by atoms with Gasteiger partial charge in [0.25, 0.3) is 5.91 Å². The van der Waals surface area contributed by atoms with Gasteiger partial charge in [-0.15, -0.1) is 0 Å². The molecule has 0 rings (SSSR count). The zero-order valence-corrected chi connectivity index (χ0v) is 12.1. The second-order valence-electron chi connectivity index (χ2n) is 4.07. The molecule has 0 saturated carbocycles. The first kappa shape index (κ1) is 18.6. The summed E-state index contributed by atoms with van der Waals surface area (Å²) in [4.78, 5) is 24.3. The maximum atomic E-state index is 10.8. The van der Waals surface area contributed by atoms with Crippen molar-refractivity contribution in [2.24, 2.45) is 5.73 Å². The Balaban J connectivity index is 0. The maximum absolute atomic E-state index is 10.8. The van der Waals surface area contributed by atoms with Crippen molar-refractivity contribution in [2.45, 2.75) is 19.8 Å². The largest absolute Gasteiger partial charge is 0.373 e. The van der Waals surface area contributed by atoms with Crippen molar-refractivity contribution >= 4 is 11.8 Å². The molecule has 0 aliphatic carbocycles. The minimum absolute atomic E-state index is 0.0556. The van der Waals surface area contributed by atoms with Crippen molar-refractivity contribution in [1.29, 1.82) is 0 Å². The van der Waals surface area contributed by atoms with E-state index in [1.807, 2.05) is 20.2 Å². The average molecular weight is 255 g/mol. The van der Waals surface area contributed by atoms with Crippen LogP contribution >= 0.6 is 0 Å². The topological polar surface area (TPSA) is 66.6 Å². The van der Waals surface area contributed by atoms with E-state index in [4.69, 9.17) is 5.73 Å². The van der Waals surface area contributed by atoms with Crippen molar-refractivity contribution in [3.05, 3.63) is 24.4 Å². The third-order valence-electron chi connectivity index (χ3n) is 1.98. The summed E-state index contributed by atoms with van der Waals surface area (Å²) in [5.74, 6) is -0.413. The van der Waals surface area contributed by atoms with Gasteiger partial charge in [0.05, 0.1) is 5.70 Å². The summed E-state index contributed by atoms with van der Waals surface area (Å²) < 4.78 is 0. The lowest BCUT2D eigenvalue weighted by Gasteiger charge is -2.13. The lowest BCUT2D eigenvalue weighted by Crippen LogP contribution is -2.25. The summed E-state index contributed by atoms with van der Waals surface area (Å²) in [5, 5.41) is 0. The Hall–Kier alpha value is -1.78. The van der Waals surface area contributed by atoms with Gasteiger partial charge in [-0.3, -0.25) is 9.59 Å². The molecule has 2 N–H and O–H groups in total. The molecule has 0 spiro atoms. The highest BCUT2D eigenvalue weighted by Crippen LogP contribution is 2.00. The van der Waals surface area contributed by atoms with Crippen LogP contribution in [0, 0.1) is 0 Å². The van der Waals surface area contributed by atoms with Gasteiger partial charge in [0, 0.05) is 28.2 Å². The molecule has 0 fully saturated rings. The highest BCUT2D eigenvalue weighted by atomic mass is 16.2. The highest BCUT2D eigenvalue weighted by molar-refractivity contribution is 5.91. The Kier molecular flexibility index (Phi) is 10.7. The monoisotopic (exact) mass is 255 g/mol. The van der Waals surface area contributed by atoms with E-state index in [2.05, 4.69) is 13.5 Å². The van der Waals surface area contributed by atoms with Crippen molar-refractivity contribution < 1.29 is 9.59 Å². The fourth-order valence-corrected chi connectivity index (χ4v) is 0.967. The molecule has 0 aromatic rings. The van der Waals surface area contributed by atoms with Crippen LogP contribution < -0.4 is 5.73 Å². The smallest absolute Gasteiger partial charge is 0.264 e. The van der Waals surface area contributed by atoms with Crippen LogP contribution in [-0.4, -0.2) is 49.8 Å². The Labute approximate surface area is 110 Å². The predicted molar refractivity (Wildman–Crippen MR) is 74.8 cm³/mol. The van der Waals surface area contributed by atoms with Gasteiger partial charge in [0.15, 0.2) is 0 Å². The van der Waals surface area contributed by atoms with Gasteiger partial charge < -0.3 is 15.5 Å². The van der Waals surface area contributed by atoms with E-state index >= 15 is 0 Å². The number of primary amides is 1. The van der Waals surface area contributed by atoms with Gasteiger partial charge in [-0.05, 0) is 12.5 Å². The van der Waals surface area contributed by atoms with Gasteiger partial charge in [0.2, 0.25) is 5.91 Å². The van der Waals surface area contributed by atoms with E-state index in [0.29, 0.717) is 5.70 Å². The van der Waals surface area contributed by atoms with Crippen LogP contribution in [0.25, 0.3) is 0 Å². The molecule has 0 atom stereocenters. The quantitative estimate of drug-likeness (QED) is 0.745. The Morgan fingerprint density at radius 3 is 1.83 bits per heavy atom. The van der Waals surface area contributed by atoms with E-state index in [1.54, 1.807) is 19.0 Å². The fourth-order valence-electron chi connectivity index (χ4n) is 0.967. The molecule has 0 aliphatic rings. The molecule has 0 aromatic carbocycles. The summed E-state index contributed by atoms with van der Waals surface area (Å²) >= 11 is 0. The molecule has 0 aliphatic heterocycles. The first-order valence-corrected chi connectivity index (χ1v) is 5.78. The van der Waals surface area contributed by atoms with Crippen LogP contribution in [-0.2, 0) is 9.59 Å². The van der Waals surface area contributed by atoms with Crippen molar-refractivity contribution in [3.63, 3.8) is 0 Å². The number of nitrogens with zero attached hydrogens (tertiary/aromatic N) is 2. The zero-order valence-electron chi connectivity index (χ0n) is 12.1. The number of amides is 2. The Morgan fingerprint density at radius 1 is 1.17 bits per heavy atom. The minimum Gasteiger partial charge on any atom is -0.373 e. The Morgan fingerprint density at radius 2 is 1.67 bits per heavy atom. The molecule has 0 aromatic heterocycles. The van der Waals surface area contributed by atoms with Crippen molar-refractivity contribution in [2.75, 3.05) is 28.2 Å².